The summed E-state index contributed by atoms with van der Waals surface area (Å²) in [6.45, 7) is 2.21. The Bertz CT molecular complexity index is 433. The summed E-state index contributed by atoms with van der Waals surface area (Å²) in [4.78, 5) is 0. The molecule has 0 amide bonds. The van der Waals surface area contributed by atoms with Crippen molar-refractivity contribution < 1.29 is 8.78 Å². The molecule has 1 saturated carbocycles. The fourth-order valence-electron chi connectivity index (χ4n) is 3.63. The molecule has 112 valence electrons. The number of benzene rings is 1. The molecule has 0 aromatic heterocycles. The summed E-state index contributed by atoms with van der Waals surface area (Å²) in [5.74, 6) is -0.253. The summed E-state index contributed by atoms with van der Waals surface area (Å²) >= 11 is 0. The molecule has 1 aromatic carbocycles. The van der Waals surface area contributed by atoms with Crippen molar-refractivity contribution >= 4 is 0 Å². The third-order valence-electron chi connectivity index (χ3n) is 4.67. The molecule has 3 atom stereocenters. The van der Waals surface area contributed by atoms with Gasteiger partial charge in [0, 0.05) is 6.04 Å². The molecule has 3 unspecified atom stereocenters. The molecule has 1 fully saturated rings. The van der Waals surface area contributed by atoms with Crippen LogP contribution in [0.3, 0.4) is 0 Å². The van der Waals surface area contributed by atoms with Gasteiger partial charge in [-0.1, -0.05) is 31.9 Å². The third-order valence-corrected chi connectivity index (χ3v) is 4.67. The lowest BCUT2D eigenvalue weighted by molar-refractivity contribution is 0.199. The lowest BCUT2D eigenvalue weighted by atomic mass is 9.74. The van der Waals surface area contributed by atoms with Crippen LogP contribution < -0.4 is 5.32 Å². The highest BCUT2D eigenvalue weighted by Gasteiger charge is 2.30. The van der Waals surface area contributed by atoms with Crippen LogP contribution in [0.2, 0.25) is 0 Å². The average Bonchev–Trinajstić information content (AvgIpc) is 2.45. The zero-order valence-corrected chi connectivity index (χ0v) is 12.5. The Labute approximate surface area is 120 Å². The van der Waals surface area contributed by atoms with Crippen molar-refractivity contribution in [3.05, 3.63) is 35.4 Å². The molecule has 0 heterocycles. The molecule has 0 saturated heterocycles. The van der Waals surface area contributed by atoms with Gasteiger partial charge in [0.15, 0.2) is 11.6 Å². The summed E-state index contributed by atoms with van der Waals surface area (Å²) < 4.78 is 27.2. The van der Waals surface area contributed by atoms with Crippen molar-refractivity contribution in [2.75, 3.05) is 7.05 Å². The maximum Gasteiger partial charge on any atom is 0.162 e. The first-order valence-corrected chi connectivity index (χ1v) is 7.75. The van der Waals surface area contributed by atoms with Gasteiger partial charge in [0.25, 0.3) is 0 Å². The van der Waals surface area contributed by atoms with E-state index in [-0.39, 0.29) is 0 Å². The van der Waals surface area contributed by atoms with Crippen LogP contribution in [0.25, 0.3) is 0 Å². The molecule has 0 aliphatic heterocycles. The predicted octanol–water partition coefficient (Wildman–Crippen LogP) is 4.31. The van der Waals surface area contributed by atoms with Crippen LogP contribution >= 0.6 is 0 Å². The average molecular weight is 281 g/mol. The number of rotatable bonds is 5. The predicted molar refractivity (Wildman–Crippen MR) is 78.6 cm³/mol. The van der Waals surface area contributed by atoms with E-state index in [1.165, 1.54) is 25.3 Å². The minimum absolute atomic E-state index is 0.404. The Hall–Kier alpha value is -0.960. The SMILES string of the molecule is CCCC1CCC(NC)C(Cc2cccc(F)c2F)C1. The van der Waals surface area contributed by atoms with Crippen molar-refractivity contribution in [1.29, 1.82) is 0 Å². The molecule has 3 heteroatoms. The molecular weight excluding hydrogens is 256 g/mol. The topological polar surface area (TPSA) is 12.0 Å². The van der Waals surface area contributed by atoms with Crippen molar-refractivity contribution in [2.24, 2.45) is 11.8 Å². The quantitative estimate of drug-likeness (QED) is 0.848. The standard InChI is InChI=1S/C17H25F2N/c1-3-5-12-8-9-16(20-2)14(10-12)11-13-6-4-7-15(18)17(13)19/h4,6-7,12,14,16,20H,3,5,8-11H2,1-2H3. The Kier molecular flexibility index (Phi) is 5.53. The van der Waals surface area contributed by atoms with Gasteiger partial charge in [-0.25, -0.2) is 8.78 Å². The van der Waals surface area contributed by atoms with Crippen LogP contribution in [0.4, 0.5) is 8.78 Å². The maximum atomic E-state index is 13.8. The molecule has 0 radical (unpaired) electrons. The third kappa shape index (κ3) is 3.57. The monoisotopic (exact) mass is 281 g/mol. The van der Waals surface area contributed by atoms with Gasteiger partial charge >= 0.3 is 0 Å². The molecule has 1 nitrogen and oxygen atoms in total. The van der Waals surface area contributed by atoms with Crippen molar-refractivity contribution in [3.8, 4) is 0 Å². The molecule has 1 aromatic rings. The van der Waals surface area contributed by atoms with Crippen LogP contribution in [-0.2, 0) is 6.42 Å². The second-order valence-electron chi connectivity index (χ2n) is 6.04. The Morgan fingerprint density at radius 2 is 2.05 bits per heavy atom. The van der Waals surface area contributed by atoms with Gasteiger partial charge in [0.2, 0.25) is 0 Å². The van der Waals surface area contributed by atoms with E-state index in [2.05, 4.69) is 12.2 Å². The normalized spacial score (nSPS) is 26.7. The minimum Gasteiger partial charge on any atom is -0.317 e. The highest BCUT2D eigenvalue weighted by Crippen LogP contribution is 2.34. The van der Waals surface area contributed by atoms with Gasteiger partial charge in [-0.3, -0.25) is 0 Å². The van der Waals surface area contributed by atoms with Gasteiger partial charge in [-0.15, -0.1) is 0 Å². The first-order chi connectivity index (χ1) is 9.65. The second kappa shape index (κ2) is 7.16. The molecule has 0 spiro atoms. The number of hydrogen-bond acceptors (Lipinski definition) is 1. The number of hydrogen-bond donors (Lipinski definition) is 1. The summed E-state index contributed by atoms with van der Waals surface area (Å²) in [7, 11) is 1.97. The first kappa shape index (κ1) is 15.4. The zero-order valence-electron chi connectivity index (χ0n) is 12.5. The molecule has 2 rings (SSSR count). The Morgan fingerprint density at radius 1 is 1.25 bits per heavy atom. The van der Waals surface area contributed by atoms with Crippen molar-refractivity contribution in [1.82, 2.24) is 5.32 Å². The van der Waals surface area contributed by atoms with E-state index < -0.39 is 11.6 Å². The van der Waals surface area contributed by atoms with E-state index in [9.17, 15) is 8.78 Å². The number of nitrogens with one attached hydrogen (secondary N) is 1. The lowest BCUT2D eigenvalue weighted by Crippen LogP contribution is -2.39. The van der Waals surface area contributed by atoms with Crippen LogP contribution in [0.5, 0.6) is 0 Å². The molecular formula is C17H25F2N. The summed E-state index contributed by atoms with van der Waals surface area (Å²) in [5.41, 5.74) is 0.521. The Morgan fingerprint density at radius 3 is 2.75 bits per heavy atom. The lowest BCUT2D eigenvalue weighted by Gasteiger charge is -2.36. The van der Waals surface area contributed by atoms with Crippen LogP contribution in [-0.4, -0.2) is 13.1 Å². The van der Waals surface area contributed by atoms with Crippen molar-refractivity contribution in [2.45, 2.75) is 51.5 Å². The van der Waals surface area contributed by atoms with E-state index in [4.69, 9.17) is 0 Å². The van der Waals surface area contributed by atoms with E-state index in [1.807, 2.05) is 7.05 Å². The minimum atomic E-state index is -0.732. The largest absolute Gasteiger partial charge is 0.317 e. The van der Waals surface area contributed by atoms with Crippen LogP contribution in [0.1, 0.15) is 44.6 Å². The van der Waals surface area contributed by atoms with Gasteiger partial charge in [-0.2, -0.15) is 0 Å². The van der Waals surface area contributed by atoms with E-state index in [0.717, 1.165) is 18.8 Å². The summed E-state index contributed by atoms with van der Waals surface area (Å²) in [6, 6.07) is 4.93. The highest BCUT2D eigenvalue weighted by molar-refractivity contribution is 5.20. The smallest absolute Gasteiger partial charge is 0.162 e. The molecule has 20 heavy (non-hydrogen) atoms. The van der Waals surface area contributed by atoms with Crippen LogP contribution in [0.15, 0.2) is 18.2 Å². The van der Waals surface area contributed by atoms with E-state index >= 15 is 0 Å². The second-order valence-corrected chi connectivity index (χ2v) is 6.04. The molecule has 1 aliphatic rings. The van der Waals surface area contributed by atoms with Gasteiger partial charge in [0.1, 0.15) is 0 Å². The first-order valence-electron chi connectivity index (χ1n) is 7.75. The molecule has 1 aliphatic carbocycles. The number of halogens is 2. The summed E-state index contributed by atoms with van der Waals surface area (Å²) in [5, 5.41) is 3.35. The molecule has 1 N–H and O–H groups in total. The highest BCUT2D eigenvalue weighted by atomic mass is 19.2. The summed E-state index contributed by atoms with van der Waals surface area (Å²) in [6.07, 6.45) is 6.60. The van der Waals surface area contributed by atoms with Gasteiger partial charge in [-0.05, 0) is 56.2 Å². The zero-order chi connectivity index (χ0) is 14.5. The van der Waals surface area contributed by atoms with Gasteiger partial charge < -0.3 is 5.32 Å². The fourth-order valence-corrected chi connectivity index (χ4v) is 3.63. The van der Waals surface area contributed by atoms with Crippen molar-refractivity contribution in [3.63, 3.8) is 0 Å². The van der Waals surface area contributed by atoms with E-state index in [1.54, 1.807) is 12.1 Å². The maximum absolute atomic E-state index is 13.8. The fraction of sp³-hybridized carbons (Fsp3) is 0.647. The Balaban J connectivity index is 2.09. The van der Waals surface area contributed by atoms with Gasteiger partial charge in [0.05, 0.1) is 0 Å². The molecule has 0 bridgehead atoms. The van der Waals surface area contributed by atoms with E-state index in [0.29, 0.717) is 23.9 Å². The van der Waals surface area contributed by atoms with Crippen LogP contribution in [0, 0.1) is 23.5 Å².